The second kappa shape index (κ2) is 10.6. The number of hydrogen-bond acceptors (Lipinski definition) is 6. The van der Waals surface area contributed by atoms with Gasteiger partial charge >= 0.3 is 5.97 Å². The van der Waals surface area contributed by atoms with Crippen molar-refractivity contribution in [1.29, 1.82) is 0 Å². The number of aldehydes is 1. The molecule has 2 bridgehead atoms. The maximum absolute atomic E-state index is 14.1. The van der Waals surface area contributed by atoms with E-state index >= 15 is 0 Å². The Morgan fingerprint density at radius 3 is 2.72 bits per heavy atom. The summed E-state index contributed by atoms with van der Waals surface area (Å²) in [6, 6.07) is 1.38. The predicted octanol–water partition coefficient (Wildman–Crippen LogP) is 5.01. The van der Waals surface area contributed by atoms with Crippen molar-refractivity contribution in [1.82, 2.24) is 14.3 Å². The maximum atomic E-state index is 14.1. The van der Waals surface area contributed by atoms with Crippen LogP contribution in [0.15, 0.2) is 24.7 Å². The van der Waals surface area contributed by atoms with Crippen molar-refractivity contribution >= 4 is 23.8 Å². The molecule has 3 aliphatic rings. The molecule has 6 atom stereocenters. The molecule has 0 unspecified atom stereocenters. The molecule has 2 fully saturated rings. The zero-order valence-electron chi connectivity index (χ0n) is 24.0. The van der Waals surface area contributed by atoms with E-state index in [-0.39, 0.29) is 30.3 Å². The Balaban J connectivity index is 1.50. The van der Waals surface area contributed by atoms with Crippen LogP contribution in [0, 0.1) is 23.2 Å². The summed E-state index contributed by atoms with van der Waals surface area (Å²) >= 11 is 0. The number of carbonyl (C=O) groups excluding carboxylic acids is 3. The summed E-state index contributed by atoms with van der Waals surface area (Å²) < 4.78 is 14.7. The van der Waals surface area contributed by atoms with Crippen LogP contribution in [0.2, 0.25) is 0 Å². The average Bonchev–Trinajstić information content (AvgIpc) is 3.19. The number of carbonyl (C=O) groups is 3. The summed E-state index contributed by atoms with van der Waals surface area (Å²) in [7, 11) is 0. The molecular weight excluding hydrogens is 494 g/mol. The Bertz CT molecular complexity index is 1230. The molecule has 0 spiro atoms. The summed E-state index contributed by atoms with van der Waals surface area (Å²) in [5.74, 6) is -0.0917. The van der Waals surface area contributed by atoms with Crippen LogP contribution in [0.3, 0.4) is 0 Å². The van der Waals surface area contributed by atoms with Crippen LogP contribution < -0.4 is 4.74 Å². The lowest BCUT2D eigenvalue weighted by Crippen LogP contribution is -2.46. The molecule has 0 radical (unpaired) electrons. The van der Waals surface area contributed by atoms with Gasteiger partial charge < -0.3 is 23.6 Å². The van der Waals surface area contributed by atoms with Crippen LogP contribution in [0.5, 0.6) is 5.75 Å². The first kappa shape index (κ1) is 27.7. The highest BCUT2D eigenvalue weighted by atomic mass is 16.6. The van der Waals surface area contributed by atoms with Gasteiger partial charge in [-0.15, -0.1) is 0 Å². The average molecular weight is 538 g/mol. The highest BCUT2D eigenvalue weighted by molar-refractivity contribution is 5.87. The van der Waals surface area contributed by atoms with E-state index in [1.165, 1.54) is 0 Å². The molecule has 8 nitrogen and oxygen atoms in total. The molecule has 8 heteroatoms. The van der Waals surface area contributed by atoms with Crippen molar-refractivity contribution in [3.05, 3.63) is 30.2 Å². The summed E-state index contributed by atoms with van der Waals surface area (Å²) in [5, 5.41) is 0. The van der Waals surface area contributed by atoms with Crippen LogP contribution in [-0.4, -0.2) is 56.7 Å². The molecule has 1 saturated heterocycles. The number of nitrogens with zero attached hydrogens (tertiary/aromatic N) is 3. The number of esters is 1. The maximum Gasteiger partial charge on any atom is 0.307 e. The highest BCUT2D eigenvalue weighted by Crippen LogP contribution is 2.50. The second-order valence-corrected chi connectivity index (χ2v) is 13.1. The van der Waals surface area contributed by atoms with Gasteiger partial charge in [0.15, 0.2) is 0 Å². The fourth-order valence-corrected chi connectivity index (χ4v) is 6.67. The first-order chi connectivity index (χ1) is 18.5. The third-order valence-corrected chi connectivity index (χ3v) is 9.31. The lowest BCUT2D eigenvalue weighted by atomic mass is 9.77. The topological polar surface area (TPSA) is 90.2 Å². The Morgan fingerprint density at radius 1 is 1.21 bits per heavy atom. The van der Waals surface area contributed by atoms with Crippen LogP contribution in [0.4, 0.5) is 0 Å². The smallest absolute Gasteiger partial charge is 0.307 e. The van der Waals surface area contributed by atoms with Crippen LogP contribution >= 0.6 is 0 Å². The minimum atomic E-state index is -0.598. The molecule has 1 saturated carbocycles. The fourth-order valence-electron chi connectivity index (χ4n) is 6.67. The number of aryl methyl sites for hydroxylation is 1. The SMILES string of the molecule is CC[C@@H]1[C@@H]2CN(C(=O)[C@H](C(C)(C)C)CC(=O)O[C@]3(C)C[C@H]3CCCCCc3cn4ccnc4cc3O2)[C@@H]1C=O. The molecule has 2 aliphatic heterocycles. The summed E-state index contributed by atoms with van der Waals surface area (Å²) in [6.07, 6.45) is 13.0. The number of pyridine rings is 1. The van der Waals surface area contributed by atoms with Gasteiger partial charge in [0, 0.05) is 42.1 Å². The predicted molar refractivity (Wildman–Crippen MR) is 147 cm³/mol. The Morgan fingerprint density at radius 2 is 2.00 bits per heavy atom. The molecule has 1 amide bonds. The van der Waals surface area contributed by atoms with Gasteiger partial charge in [0.05, 0.1) is 24.9 Å². The van der Waals surface area contributed by atoms with Crippen LogP contribution in [-0.2, 0) is 25.5 Å². The zero-order valence-corrected chi connectivity index (χ0v) is 24.0. The molecule has 0 N–H and O–H groups in total. The van der Waals surface area contributed by atoms with Gasteiger partial charge in [0.2, 0.25) is 5.91 Å². The van der Waals surface area contributed by atoms with Crippen molar-refractivity contribution in [2.75, 3.05) is 6.54 Å². The van der Waals surface area contributed by atoms with Crippen molar-refractivity contribution in [3.8, 4) is 5.75 Å². The minimum absolute atomic E-state index is 0.00966. The van der Waals surface area contributed by atoms with Crippen molar-refractivity contribution in [3.63, 3.8) is 0 Å². The third kappa shape index (κ3) is 5.57. The van der Waals surface area contributed by atoms with Crippen LogP contribution in [0.25, 0.3) is 5.65 Å². The van der Waals surface area contributed by atoms with E-state index in [9.17, 15) is 14.4 Å². The second-order valence-electron chi connectivity index (χ2n) is 13.1. The molecule has 2 aromatic heterocycles. The van der Waals surface area contributed by atoms with Gasteiger partial charge in [-0.25, -0.2) is 4.98 Å². The standard InChI is InChI=1S/C31H43N3O5/c1-6-22-24(19-35)34-18-26(22)38-25-15-27-32-12-13-33(27)17-20(25)10-8-7-9-11-21-16-31(21,5)39-28(36)14-23(29(34)37)30(2,3)4/h12-13,15,17,19,21-24,26H,6-11,14,16,18H2,1-5H3/t21-,22+,23-,24-,26+,31-/m1/s1. The summed E-state index contributed by atoms with van der Waals surface area (Å²) in [6.45, 7) is 10.3. The number of fused-ring (bicyclic) bond motifs is 5. The van der Waals surface area contributed by atoms with Gasteiger partial charge in [-0.3, -0.25) is 9.59 Å². The van der Waals surface area contributed by atoms with Gasteiger partial charge in [-0.05, 0) is 44.4 Å². The van der Waals surface area contributed by atoms with Gasteiger partial charge in [0.1, 0.15) is 29.4 Å². The van der Waals surface area contributed by atoms with E-state index in [0.29, 0.717) is 18.9 Å². The first-order valence-electron chi connectivity index (χ1n) is 14.6. The molecule has 212 valence electrons. The Hall–Kier alpha value is -2.90. The normalized spacial score (nSPS) is 32.4. The quantitative estimate of drug-likeness (QED) is 0.395. The van der Waals surface area contributed by atoms with E-state index in [1.807, 2.05) is 51.3 Å². The molecule has 5 rings (SSSR count). The monoisotopic (exact) mass is 537 g/mol. The Kier molecular flexibility index (Phi) is 7.51. The number of rotatable bonds is 2. The van der Waals surface area contributed by atoms with Gasteiger partial charge in [0.25, 0.3) is 0 Å². The number of imidazole rings is 1. The fraction of sp³-hybridized carbons (Fsp3) is 0.677. The molecule has 4 heterocycles. The molecule has 1 aliphatic carbocycles. The lowest BCUT2D eigenvalue weighted by molar-refractivity contribution is -0.158. The summed E-state index contributed by atoms with van der Waals surface area (Å²) in [5.41, 5.74) is 1.01. The molecule has 39 heavy (non-hydrogen) atoms. The number of hydrogen-bond donors (Lipinski definition) is 0. The minimum Gasteiger partial charge on any atom is -0.488 e. The Labute approximate surface area is 231 Å². The van der Waals surface area contributed by atoms with E-state index in [0.717, 1.165) is 61.8 Å². The van der Waals surface area contributed by atoms with Gasteiger partial charge in [-0.2, -0.15) is 0 Å². The van der Waals surface area contributed by atoms with Crippen molar-refractivity contribution in [2.45, 2.75) is 104 Å². The largest absolute Gasteiger partial charge is 0.488 e. The summed E-state index contributed by atoms with van der Waals surface area (Å²) in [4.78, 5) is 45.7. The highest BCUT2D eigenvalue weighted by Gasteiger charge is 2.54. The van der Waals surface area contributed by atoms with Crippen molar-refractivity contribution in [2.24, 2.45) is 23.2 Å². The third-order valence-electron chi connectivity index (χ3n) is 9.31. The van der Waals surface area contributed by atoms with Crippen LogP contribution in [0.1, 0.15) is 85.1 Å². The lowest BCUT2D eigenvalue weighted by Gasteiger charge is -2.34. The first-order valence-corrected chi connectivity index (χ1v) is 14.6. The molecule has 2 aromatic rings. The molecule has 0 aromatic carbocycles. The van der Waals surface area contributed by atoms with E-state index in [4.69, 9.17) is 9.47 Å². The number of ether oxygens (including phenoxy) is 2. The number of amides is 1. The number of aromatic nitrogens is 2. The van der Waals surface area contributed by atoms with Gasteiger partial charge in [-0.1, -0.05) is 40.5 Å². The molecular formula is C31H43N3O5. The van der Waals surface area contributed by atoms with Crippen molar-refractivity contribution < 1.29 is 23.9 Å². The van der Waals surface area contributed by atoms with E-state index in [2.05, 4.69) is 11.2 Å². The zero-order chi connectivity index (χ0) is 27.9. The van der Waals surface area contributed by atoms with E-state index in [1.54, 1.807) is 11.1 Å². The van der Waals surface area contributed by atoms with E-state index < -0.39 is 23.0 Å².